The largest absolute Gasteiger partial charge is 0.264 e. The molecule has 0 aliphatic rings. The highest BCUT2D eigenvalue weighted by molar-refractivity contribution is 6.23. The third-order valence-corrected chi connectivity index (χ3v) is 11.2. The van der Waals surface area contributed by atoms with Crippen molar-refractivity contribution >= 4 is 43.2 Å². The number of hydrogen-bond acceptors (Lipinski definition) is 4. The Morgan fingerprint density at radius 2 is 0.914 bits per heavy atom. The second-order valence-electron chi connectivity index (χ2n) is 14.6. The maximum absolute atomic E-state index is 5.25. The summed E-state index contributed by atoms with van der Waals surface area (Å²) in [7, 11) is 0. The maximum Gasteiger partial charge on any atom is 0.160 e. The van der Waals surface area contributed by atoms with Crippen LogP contribution in [0.5, 0.6) is 0 Å². The lowest BCUT2D eigenvalue weighted by molar-refractivity contribution is 1.18. The van der Waals surface area contributed by atoms with E-state index in [9.17, 15) is 0 Å². The van der Waals surface area contributed by atoms with E-state index in [4.69, 9.17) is 9.97 Å². The van der Waals surface area contributed by atoms with Crippen LogP contribution in [0.4, 0.5) is 0 Å². The van der Waals surface area contributed by atoms with Gasteiger partial charge in [-0.25, -0.2) is 9.97 Å². The summed E-state index contributed by atoms with van der Waals surface area (Å²) in [6.45, 7) is 0. The Hall–Kier alpha value is -7.82. The molecule has 0 radical (unpaired) electrons. The number of rotatable bonds is 6. The molecule has 0 saturated heterocycles. The smallest absolute Gasteiger partial charge is 0.160 e. The van der Waals surface area contributed by atoms with Gasteiger partial charge in [0.25, 0.3) is 0 Å². The molecule has 4 heteroatoms. The first-order valence-electron chi connectivity index (χ1n) is 19.5. The molecule has 0 aliphatic carbocycles. The Morgan fingerprint density at radius 1 is 0.328 bits per heavy atom. The minimum atomic E-state index is 0.656. The van der Waals surface area contributed by atoms with Crippen LogP contribution in [0.1, 0.15) is 0 Å². The van der Waals surface area contributed by atoms with Crippen molar-refractivity contribution in [1.29, 1.82) is 0 Å². The Labute approximate surface area is 335 Å². The van der Waals surface area contributed by atoms with Gasteiger partial charge in [-0.15, -0.1) is 0 Å². The van der Waals surface area contributed by atoms with E-state index >= 15 is 0 Å². The van der Waals surface area contributed by atoms with Gasteiger partial charge >= 0.3 is 0 Å². The predicted molar refractivity (Wildman–Crippen MR) is 240 cm³/mol. The second kappa shape index (κ2) is 14.0. The van der Waals surface area contributed by atoms with E-state index in [0.717, 1.165) is 55.7 Å². The fraction of sp³-hybridized carbons (Fsp3) is 0. The zero-order chi connectivity index (χ0) is 38.4. The Bertz CT molecular complexity index is 3270. The first-order valence-corrected chi connectivity index (χ1v) is 19.5. The van der Waals surface area contributed by atoms with E-state index in [-0.39, 0.29) is 0 Å². The van der Waals surface area contributed by atoms with Crippen LogP contribution < -0.4 is 0 Å². The molecular weight excluding hydrogens is 705 g/mol. The van der Waals surface area contributed by atoms with Crippen molar-refractivity contribution in [2.24, 2.45) is 0 Å². The molecule has 3 aromatic heterocycles. The Kier molecular flexibility index (Phi) is 8.11. The molecule has 0 aliphatic heterocycles. The third-order valence-electron chi connectivity index (χ3n) is 11.2. The summed E-state index contributed by atoms with van der Waals surface area (Å²) in [6, 6.07) is 66.7. The van der Waals surface area contributed by atoms with Gasteiger partial charge in [0.15, 0.2) is 5.82 Å². The topological polar surface area (TPSA) is 51.6 Å². The molecule has 4 nitrogen and oxygen atoms in total. The van der Waals surface area contributed by atoms with Crippen molar-refractivity contribution in [1.82, 2.24) is 19.9 Å². The van der Waals surface area contributed by atoms with Crippen LogP contribution in [0, 0.1) is 0 Å². The summed E-state index contributed by atoms with van der Waals surface area (Å²) >= 11 is 0. The first kappa shape index (κ1) is 33.5. The van der Waals surface area contributed by atoms with Crippen LogP contribution in [0.2, 0.25) is 0 Å². The molecule has 0 bridgehead atoms. The monoisotopic (exact) mass is 738 g/mol. The van der Waals surface area contributed by atoms with Crippen LogP contribution in [0.25, 0.3) is 111 Å². The number of aromatic nitrogens is 4. The lowest BCUT2D eigenvalue weighted by Crippen LogP contribution is -1.97. The van der Waals surface area contributed by atoms with Crippen molar-refractivity contribution in [3.05, 3.63) is 207 Å². The Balaban J connectivity index is 1.07. The van der Waals surface area contributed by atoms with Crippen LogP contribution in [0.3, 0.4) is 0 Å². The lowest BCUT2D eigenvalue weighted by Gasteiger charge is -2.19. The molecular formula is C54H34N4. The quantitative estimate of drug-likeness (QED) is 0.159. The number of nitrogens with zero attached hydrogens (tertiary/aromatic N) is 4. The van der Waals surface area contributed by atoms with Crippen LogP contribution >= 0.6 is 0 Å². The van der Waals surface area contributed by atoms with E-state index in [2.05, 4.69) is 180 Å². The summed E-state index contributed by atoms with van der Waals surface area (Å²) in [4.78, 5) is 19.4. The maximum atomic E-state index is 5.25. The number of hydrogen-bond donors (Lipinski definition) is 0. The summed E-state index contributed by atoms with van der Waals surface area (Å²) in [5, 5.41) is 8.46. The zero-order valence-electron chi connectivity index (χ0n) is 31.4. The average Bonchev–Trinajstić information content (AvgIpc) is 3.30. The highest BCUT2D eigenvalue weighted by Crippen LogP contribution is 2.45. The molecule has 58 heavy (non-hydrogen) atoms. The van der Waals surface area contributed by atoms with E-state index in [0.29, 0.717) is 5.82 Å². The van der Waals surface area contributed by atoms with Gasteiger partial charge in [0, 0.05) is 40.7 Å². The lowest BCUT2D eigenvalue weighted by atomic mass is 9.84. The fourth-order valence-electron chi connectivity index (χ4n) is 8.54. The van der Waals surface area contributed by atoms with Gasteiger partial charge in [-0.3, -0.25) is 9.97 Å². The molecule has 0 unspecified atom stereocenters. The third kappa shape index (κ3) is 5.78. The van der Waals surface area contributed by atoms with Gasteiger partial charge in [-0.05, 0) is 102 Å². The second-order valence-corrected chi connectivity index (χ2v) is 14.6. The fourth-order valence-corrected chi connectivity index (χ4v) is 8.54. The molecule has 0 atom stereocenters. The van der Waals surface area contributed by atoms with E-state index in [1.807, 2.05) is 30.6 Å². The van der Waals surface area contributed by atoms with E-state index < -0.39 is 0 Å². The van der Waals surface area contributed by atoms with Crippen molar-refractivity contribution in [2.75, 3.05) is 0 Å². The molecule has 0 spiro atoms. The summed E-state index contributed by atoms with van der Waals surface area (Å²) in [5.74, 6) is 0.656. The summed E-state index contributed by atoms with van der Waals surface area (Å²) in [6.07, 6.45) is 5.53. The average molecular weight is 739 g/mol. The van der Waals surface area contributed by atoms with Crippen LogP contribution in [-0.4, -0.2) is 19.9 Å². The van der Waals surface area contributed by atoms with Crippen LogP contribution in [-0.2, 0) is 0 Å². The molecule has 0 saturated carbocycles. The summed E-state index contributed by atoms with van der Waals surface area (Å²) in [5.41, 5.74) is 12.6. The van der Waals surface area contributed by atoms with Gasteiger partial charge in [0.1, 0.15) is 0 Å². The molecule has 11 rings (SSSR count). The molecule has 8 aromatic carbocycles. The van der Waals surface area contributed by atoms with Crippen LogP contribution in [0.15, 0.2) is 207 Å². The molecule has 0 N–H and O–H groups in total. The number of fused-ring (bicyclic) bond motifs is 4. The minimum Gasteiger partial charge on any atom is -0.264 e. The minimum absolute atomic E-state index is 0.656. The van der Waals surface area contributed by atoms with E-state index in [1.165, 1.54) is 49.0 Å². The molecule has 270 valence electrons. The van der Waals surface area contributed by atoms with E-state index in [1.54, 1.807) is 6.20 Å². The Morgan fingerprint density at radius 3 is 1.66 bits per heavy atom. The molecule has 11 aromatic rings. The van der Waals surface area contributed by atoms with Crippen molar-refractivity contribution in [2.45, 2.75) is 0 Å². The highest BCUT2D eigenvalue weighted by atomic mass is 14.9. The van der Waals surface area contributed by atoms with Gasteiger partial charge < -0.3 is 0 Å². The number of para-hydroxylation sites is 1. The SMILES string of the molecule is c1cncc(-c2cc(-c3ccc(-c4ccnc5ccccc45)cc3)nc(-c3cccc(-c4c5ccccc5c(-c5cccc6ccccc56)c5ccccc45)c3)n2)c1. The zero-order valence-corrected chi connectivity index (χ0v) is 31.4. The summed E-state index contributed by atoms with van der Waals surface area (Å²) < 4.78 is 0. The van der Waals surface area contributed by atoms with Crippen molar-refractivity contribution in [3.63, 3.8) is 0 Å². The van der Waals surface area contributed by atoms with Gasteiger partial charge in [0.2, 0.25) is 0 Å². The molecule has 0 amide bonds. The normalized spacial score (nSPS) is 11.4. The van der Waals surface area contributed by atoms with Gasteiger partial charge in [-0.2, -0.15) is 0 Å². The number of pyridine rings is 2. The predicted octanol–water partition coefficient (Wildman–Crippen LogP) is 13.9. The first-order chi connectivity index (χ1) is 28.8. The molecule has 3 heterocycles. The van der Waals surface area contributed by atoms with Gasteiger partial charge in [0.05, 0.1) is 16.9 Å². The van der Waals surface area contributed by atoms with Crippen molar-refractivity contribution in [3.8, 4) is 67.3 Å². The van der Waals surface area contributed by atoms with Gasteiger partial charge in [-0.1, -0.05) is 152 Å². The standard InChI is InChI=1S/C54H34N4/c1-2-17-41-35(12-1)13-10-23-44(41)53-47-21-5-3-19-45(47)52(46-20-4-6-22-48(46)53)38-14-9-15-39(32-38)54-57-50(33-51(58-54)40-16-11-30-55-34-40)37-27-25-36(26-28-37)42-29-31-56-49-24-8-7-18-43(42)49/h1-34H. The van der Waals surface area contributed by atoms with Crippen molar-refractivity contribution < 1.29 is 0 Å². The number of benzene rings is 8. The highest BCUT2D eigenvalue weighted by Gasteiger charge is 2.19. The molecule has 0 fully saturated rings.